The van der Waals surface area contributed by atoms with Crippen LogP contribution < -0.4 is 5.73 Å². The molecular formula is C17H19BrClN. The number of hydrogen-bond acceptors (Lipinski definition) is 1. The molecule has 0 aliphatic heterocycles. The van der Waals surface area contributed by atoms with Crippen molar-refractivity contribution in [2.75, 3.05) is 0 Å². The Morgan fingerprint density at radius 2 is 1.85 bits per heavy atom. The van der Waals surface area contributed by atoms with E-state index in [1.54, 1.807) is 0 Å². The quantitative estimate of drug-likeness (QED) is 0.827. The SMILES string of the molecule is CC(N)C(C)(Cc1ccc(Cl)cc1)c1cccc(Br)c1. The number of hydrogen-bond donors (Lipinski definition) is 1. The molecule has 106 valence electrons. The predicted molar refractivity (Wildman–Crippen MR) is 90.3 cm³/mol. The highest BCUT2D eigenvalue weighted by Crippen LogP contribution is 2.32. The maximum Gasteiger partial charge on any atom is 0.0406 e. The van der Waals surface area contributed by atoms with E-state index in [1.165, 1.54) is 11.1 Å². The minimum absolute atomic E-state index is 0.0486. The van der Waals surface area contributed by atoms with Crippen LogP contribution in [0.1, 0.15) is 25.0 Å². The number of benzene rings is 2. The maximum absolute atomic E-state index is 6.29. The highest BCUT2D eigenvalue weighted by Gasteiger charge is 2.31. The van der Waals surface area contributed by atoms with Gasteiger partial charge in [-0.25, -0.2) is 0 Å². The third-order valence-electron chi connectivity index (χ3n) is 3.97. The number of nitrogens with two attached hydrogens (primary N) is 1. The third kappa shape index (κ3) is 3.43. The zero-order valence-electron chi connectivity index (χ0n) is 11.7. The molecule has 0 heterocycles. The Hall–Kier alpha value is -0.830. The molecule has 2 rings (SSSR count). The molecule has 20 heavy (non-hydrogen) atoms. The van der Waals surface area contributed by atoms with Gasteiger partial charge in [0, 0.05) is 21.0 Å². The largest absolute Gasteiger partial charge is 0.327 e. The molecule has 3 heteroatoms. The van der Waals surface area contributed by atoms with Gasteiger partial charge < -0.3 is 5.73 Å². The molecule has 0 spiro atoms. The molecule has 2 atom stereocenters. The van der Waals surface area contributed by atoms with Gasteiger partial charge in [-0.3, -0.25) is 0 Å². The van der Waals surface area contributed by atoms with E-state index in [0.717, 1.165) is 15.9 Å². The molecule has 2 aromatic carbocycles. The predicted octanol–water partition coefficient (Wildman–Crippen LogP) is 4.95. The molecule has 0 bridgehead atoms. The van der Waals surface area contributed by atoms with Crippen molar-refractivity contribution in [3.8, 4) is 0 Å². The maximum atomic E-state index is 6.29. The third-order valence-corrected chi connectivity index (χ3v) is 4.72. The lowest BCUT2D eigenvalue weighted by Crippen LogP contribution is -2.42. The van der Waals surface area contributed by atoms with Crippen molar-refractivity contribution in [2.24, 2.45) is 5.73 Å². The summed E-state index contributed by atoms with van der Waals surface area (Å²) in [6, 6.07) is 16.4. The molecule has 0 radical (unpaired) electrons. The first kappa shape index (κ1) is 15.6. The fourth-order valence-electron chi connectivity index (χ4n) is 2.40. The Morgan fingerprint density at radius 1 is 1.20 bits per heavy atom. The van der Waals surface area contributed by atoms with Crippen LogP contribution in [0.15, 0.2) is 53.0 Å². The van der Waals surface area contributed by atoms with Crippen molar-refractivity contribution in [3.05, 3.63) is 69.2 Å². The molecule has 0 aromatic heterocycles. The molecule has 2 aromatic rings. The molecular weight excluding hydrogens is 334 g/mol. The summed E-state index contributed by atoms with van der Waals surface area (Å²) >= 11 is 9.49. The molecule has 1 nitrogen and oxygen atoms in total. The van der Waals surface area contributed by atoms with Crippen LogP contribution in [0, 0.1) is 0 Å². The number of halogens is 2. The molecule has 0 aliphatic carbocycles. The first-order chi connectivity index (χ1) is 9.41. The smallest absolute Gasteiger partial charge is 0.0406 e. The minimum Gasteiger partial charge on any atom is -0.327 e. The summed E-state index contributed by atoms with van der Waals surface area (Å²) in [4.78, 5) is 0. The van der Waals surface area contributed by atoms with E-state index in [2.05, 4.69) is 60.1 Å². The van der Waals surface area contributed by atoms with Gasteiger partial charge in [-0.05, 0) is 48.7 Å². The van der Waals surface area contributed by atoms with E-state index < -0.39 is 0 Å². The van der Waals surface area contributed by atoms with Crippen molar-refractivity contribution in [1.82, 2.24) is 0 Å². The molecule has 0 saturated carbocycles. The van der Waals surface area contributed by atoms with Crippen molar-refractivity contribution in [1.29, 1.82) is 0 Å². The Kier molecular flexibility index (Phi) is 4.90. The van der Waals surface area contributed by atoms with Crippen LogP contribution in [0.5, 0.6) is 0 Å². The van der Waals surface area contributed by atoms with Gasteiger partial charge in [-0.1, -0.05) is 58.7 Å². The van der Waals surface area contributed by atoms with Crippen LogP contribution in [-0.2, 0) is 11.8 Å². The molecule has 0 saturated heterocycles. The summed E-state index contributed by atoms with van der Waals surface area (Å²) in [5.41, 5.74) is 8.67. The van der Waals surface area contributed by atoms with E-state index in [4.69, 9.17) is 17.3 Å². The minimum atomic E-state index is -0.113. The topological polar surface area (TPSA) is 26.0 Å². The second kappa shape index (κ2) is 6.30. The van der Waals surface area contributed by atoms with Crippen molar-refractivity contribution < 1.29 is 0 Å². The van der Waals surface area contributed by atoms with Crippen LogP contribution >= 0.6 is 27.5 Å². The van der Waals surface area contributed by atoms with Gasteiger partial charge in [0.05, 0.1) is 0 Å². The Bertz CT molecular complexity index is 580. The van der Waals surface area contributed by atoms with Crippen LogP contribution in [0.2, 0.25) is 5.02 Å². The highest BCUT2D eigenvalue weighted by molar-refractivity contribution is 9.10. The van der Waals surface area contributed by atoms with E-state index >= 15 is 0 Å². The van der Waals surface area contributed by atoms with Gasteiger partial charge in [-0.2, -0.15) is 0 Å². The molecule has 0 amide bonds. The average molecular weight is 353 g/mol. The van der Waals surface area contributed by atoms with E-state index in [-0.39, 0.29) is 11.5 Å². The summed E-state index contributed by atoms with van der Waals surface area (Å²) in [7, 11) is 0. The van der Waals surface area contributed by atoms with Gasteiger partial charge in [0.25, 0.3) is 0 Å². The van der Waals surface area contributed by atoms with Crippen molar-refractivity contribution in [2.45, 2.75) is 31.7 Å². The molecule has 0 fully saturated rings. The summed E-state index contributed by atoms with van der Waals surface area (Å²) in [6.45, 7) is 4.28. The Labute approximate surface area is 134 Å². The fraction of sp³-hybridized carbons (Fsp3) is 0.294. The highest BCUT2D eigenvalue weighted by atomic mass is 79.9. The molecule has 2 unspecified atom stereocenters. The second-order valence-electron chi connectivity index (χ2n) is 5.52. The van der Waals surface area contributed by atoms with Crippen LogP contribution in [0.4, 0.5) is 0 Å². The molecule has 0 aliphatic rings. The van der Waals surface area contributed by atoms with Gasteiger partial charge in [-0.15, -0.1) is 0 Å². The number of rotatable bonds is 4. The van der Waals surface area contributed by atoms with Gasteiger partial charge in [0.15, 0.2) is 0 Å². The van der Waals surface area contributed by atoms with E-state index in [0.29, 0.717) is 0 Å². The van der Waals surface area contributed by atoms with E-state index in [9.17, 15) is 0 Å². The van der Waals surface area contributed by atoms with Crippen molar-refractivity contribution in [3.63, 3.8) is 0 Å². The summed E-state index contributed by atoms with van der Waals surface area (Å²) in [5.74, 6) is 0. The van der Waals surface area contributed by atoms with Gasteiger partial charge in [0.2, 0.25) is 0 Å². The first-order valence-corrected chi connectivity index (χ1v) is 7.85. The molecule has 2 N–H and O–H groups in total. The van der Waals surface area contributed by atoms with Gasteiger partial charge >= 0.3 is 0 Å². The zero-order chi connectivity index (χ0) is 14.8. The summed E-state index contributed by atoms with van der Waals surface area (Å²) < 4.78 is 1.08. The fourth-order valence-corrected chi connectivity index (χ4v) is 2.92. The lowest BCUT2D eigenvalue weighted by Gasteiger charge is -2.34. The van der Waals surface area contributed by atoms with Crippen LogP contribution in [0.25, 0.3) is 0 Å². The normalized spacial score (nSPS) is 15.7. The van der Waals surface area contributed by atoms with Crippen LogP contribution in [0.3, 0.4) is 0 Å². The van der Waals surface area contributed by atoms with Gasteiger partial charge in [0.1, 0.15) is 0 Å². The second-order valence-corrected chi connectivity index (χ2v) is 6.87. The lowest BCUT2D eigenvalue weighted by molar-refractivity contribution is 0.391. The van der Waals surface area contributed by atoms with Crippen molar-refractivity contribution >= 4 is 27.5 Å². The zero-order valence-corrected chi connectivity index (χ0v) is 14.1. The monoisotopic (exact) mass is 351 g/mol. The Morgan fingerprint density at radius 3 is 2.40 bits per heavy atom. The summed E-state index contributed by atoms with van der Waals surface area (Å²) in [5, 5.41) is 0.763. The standard InChI is InChI=1S/C17H19BrClN/c1-12(20)17(2,14-4-3-5-15(18)10-14)11-13-6-8-16(19)9-7-13/h3-10,12H,11,20H2,1-2H3. The Balaban J connectivity index is 2.37. The lowest BCUT2D eigenvalue weighted by atomic mass is 9.72. The van der Waals surface area contributed by atoms with E-state index in [1.807, 2.05) is 18.2 Å². The first-order valence-electron chi connectivity index (χ1n) is 6.68. The van der Waals surface area contributed by atoms with Crippen LogP contribution in [-0.4, -0.2) is 6.04 Å². The average Bonchev–Trinajstić information content (AvgIpc) is 2.41. The summed E-state index contributed by atoms with van der Waals surface area (Å²) in [6.07, 6.45) is 0.887.